The third-order valence-electron chi connectivity index (χ3n) is 2.58. The first-order chi connectivity index (χ1) is 9.67. The van der Waals surface area contributed by atoms with Gasteiger partial charge in [0.25, 0.3) is 0 Å². The zero-order valence-corrected chi connectivity index (χ0v) is 12.0. The van der Waals surface area contributed by atoms with Crippen molar-refractivity contribution in [2.24, 2.45) is 0 Å². The topological polar surface area (TPSA) is 64.6 Å². The standard InChI is InChI=1S/C15H21NO4/c1-3-19-11-5-6-14(17)16-13-9-7-12(8-10-13)15(18)20-4-2/h7-10H,3-6,11H2,1-2H3,(H,16,17). The number of benzene rings is 1. The predicted octanol–water partition coefficient (Wildman–Crippen LogP) is 2.62. The minimum absolute atomic E-state index is 0.0615. The van der Waals surface area contributed by atoms with E-state index < -0.39 is 0 Å². The molecule has 0 fully saturated rings. The van der Waals surface area contributed by atoms with Crippen molar-refractivity contribution in [1.82, 2.24) is 0 Å². The highest BCUT2D eigenvalue weighted by Gasteiger charge is 2.07. The smallest absolute Gasteiger partial charge is 0.338 e. The Labute approximate surface area is 119 Å². The van der Waals surface area contributed by atoms with E-state index >= 15 is 0 Å². The molecular weight excluding hydrogens is 258 g/mol. The fraction of sp³-hybridized carbons (Fsp3) is 0.467. The van der Waals surface area contributed by atoms with E-state index in [4.69, 9.17) is 9.47 Å². The number of nitrogens with one attached hydrogen (secondary N) is 1. The van der Waals surface area contributed by atoms with E-state index in [1.165, 1.54) is 0 Å². The van der Waals surface area contributed by atoms with Gasteiger partial charge in [-0.25, -0.2) is 4.79 Å². The first-order valence-electron chi connectivity index (χ1n) is 6.82. The number of carbonyl (C=O) groups excluding carboxylic acids is 2. The largest absolute Gasteiger partial charge is 0.462 e. The van der Waals surface area contributed by atoms with Crippen molar-refractivity contribution in [2.45, 2.75) is 26.7 Å². The number of hydrogen-bond acceptors (Lipinski definition) is 4. The molecule has 5 nitrogen and oxygen atoms in total. The molecule has 110 valence electrons. The zero-order valence-electron chi connectivity index (χ0n) is 12.0. The van der Waals surface area contributed by atoms with Crippen molar-refractivity contribution in [3.05, 3.63) is 29.8 Å². The molecule has 1 aromatic carbocycles. The molecular formula is C15H21NO4. The molecule has 1 rings (SSSR count). The molecule has 0 aliphatic carbocycles. The summed E-state index contributed by atoms with van der Waals surface area (Å²) in [6.07, 6.45) is 1.11. The Hall–Kier alpha value is -1.88. The van der Waals surface area contributed by atoms with E-state index in [2.05, 4.69) is 5.32 Å². The molecule has 0 saturated heterocycles. The summed E-state index contributed by atoms with van der Waals surface area (Å²) in [5, 5.41) is 2.77. The third-order valence-corrected chi connectivity index (χ3v) is 2.58. The second-order valence-corrected chi connectivity index (χ2v) is 4.15. The van der Waals surface area contributed by atoms with Crippen molar-refractivity contribution >= 4 is 17.6 Å². The van der Waals surface area contributed by atoms with Crippen LogP contribution in [0.25, 0.3) is 0 Å². The summed E-state index contributed by atoms with van der Waals surface area (Å²) < 4.78 is 10.1. The second kappa shape index (κ2) is 9.09. The van der Waals surface area contributed by atoms with Crippen LogP contribution in [-0.2, 0) is 14.3 Å². The van der Waals surface area contributed by atoms with Crippen LogP contribution in [-0.4, -0.2) is 31.7 Å². The second-order valence-electron chi connectivity index (χ2n) is 4.15. The fourth-order valence-corrected chi connectivity index (χ4v) is 1.61. The van der Waals surface area contributed by atoms with Gasteiger partial charge < -0.3 is 14.8 Å². The summed E-state index contributed by atoms with van der Waals surface area (Å²) in [5.74, 6) is -0.421. The fourth-order valence-electron chi connectivity index (χ4n) is 1.61. The summed E-state index contributed by atoms with van der Waals surface area (Å²) in [4.78, 5) is 23.1. The normalized spacial score (nSPS) is 10.1. The quantitative estimate of drug-likeness (QED) is 0.587. The van der Waals surface area contributed by atoms with E-state index in [-0.39, 0.29) is 11.9 Å². The molecule has 0 aromatic heterocycles. The van der Waals surface area contributed by atoms with Gasteiger partial charge in [0.15, 0.2) is 0 Å². The number of rotatable bonds is 8. The van der Waals surface area contributed by atoms with Crippen LogP contribution in [0.5, 0.6) is 0 Å². The summed E-state index contributed by atoms with van der Waals surface area (Å²) in [6, 6.07) is 6.64. The summed E-state index contributed by atoms with van der Waals surface area (Å²) in [6.45, 7) is 5.28. The Bertz CT molecular complexity index is 428. The third kappa shape index (κ3) is 5.84. The van der Waals surface area contributed by atoms with E-state index in [9.17, 15) is 9.59 Å². The van der Waals surface area contributed by atoms with Crippen LogP contribution in [0.4, 0.5) is 5.69 Å². The zero-order chi connectivity index (χ0) is 14.8. The highest BCUT2D eigenvalue weighted by atomic mass is 16.5. The minimum atomic E-state index is -0.359. The SMILES string of the molecule is CCOCCCC(=O)Nc1ccc(C(=O)OCC)cc1. The number of ether oxygens (including phenoxy) is 2. The molecule has 1 N–H and O–H groups in total. The molecule has 0 spiro atoms. The van der Waals surface area contributed by atoms with Gasteiger partial charge >= 0.3 is 5.97 Å². The Kier molecular flexibility index (Phi) is 7.35. The molecule has 1 aromatic rings. The maximum atomic E-state index is 11.6. The summed E-state index contributed by atoms with van der Waals surface area (Å²) in [7, 11) is 0. The van der Waals surface area contributed by atoms with Crippen LogP contribution in [0.15, 0.2) is 24.3 Å². The van der Waals surface area contributed by atoms with Gasteiger partial charge in [0, 0.05) is 25.3 Å². The molecule has 0 saturated carbocycles. The first kappa shape index (κ1) is 16.2. The molecule has 0 radical (unpaired) electrons. The van der Waals surface area contributed by atoms with Gasteiger partial charge in [0.1, 0.15) is 0 Å². The van der Waals surface area contributed by atoms with Crippen LogP contribution in [0, 0.1) is 0 Å². The lowest BCUT2D eigenvalue weighted by atomic mass is 10.2. The number of carbonyl (C=O) groups is 2. The Morgan fingerprint density at radius 1 is 1.10 bits per heavy atom. The molecule has 5 heteroatoms. The molecule has 1 amide bonds. The average Bonchev–Trinajstić information content (AvgIpc) is 2.45. The van der Waals surface area contributed by atoms with Gasteiger partial charge in [-0.15, -0.1) is 0 Å². The van der Waals surface area contributed by atoms with E-state index in [1.807, 2.05) is 6.92 Å². The molecule has 0 aliphatic heterocycles. The van der Waals surface area contributed by atoms with Gasteiger partial charge in [-0.05, 0) is 44.5 Å². The van der Waals surface area contributed by atoms with Crippen LogP contribution < -0.4 is 5.32 Å². The lowest BCUT2D eigenvalue weighted by Crippen LogP contribution is -2.12. The van der Waals surface area contributed by atoms with E-state index in [0.29, 0.717) is 43.9 Å². The average molecular weight is 279 g/mol. The van der Waals surface area contributed by atoms with Crippen LogP contribution in [0.1, 0.15) is 37.0 Å². The Morgan fingerprint density at radius 2 is 1.80 bits per heavy atom. The highest BCUT2D eigenvalue weighted by molar-refractivity contribution is 5.93. The predicted molar refractivity (Wildman–Crippen MR) is 76.8 cm³/mol. The summed E-state index contributed by atoms with van der Waals surface area (Å²) in [5.41, 5.74) is 1.14. The molecule has 0 heterocycles. The van der Waals surface area contributed by atoms with Crippen molar-refractivity contribution in [3.63, 3.8) is 0 Å². The van der Waals surface area contributed by atoms with Crippen LogP contribution >= 0.6 is 0 Å². The Morgan fingerprint density at radius 3 is 2.40 bits per heavy atom. The number of hydrogen-bond donors (Lipinski definition) is 1. The van der Waals surface area contributed by atoms with Gasteiger partial charge in [0.2, 0.25) is 5.91 Å². The first-order valence-corrected chi connectivity index (χ1v) is 6.82. The molecule has 20 heavy (non-hydrogen) atoms. The monoisotopic (exact) mass is 279 g/mol. The molecule has 0 atom stereocenters. The van der Waals surface area contributed by atoms with Gasteiger partial charge in [-0.1, -0.05) is 0 Å². The van der Waals surface area contributed by atoms with Crippen molar-refractivity contribution < 1.29 is 19.1 Å². The van der Waals surface area contributed by atoms with E-state index in [0.717, 1.165) is 0 Å². The Balaban J connectivity index is 2.41. The highest BCUT2D eigenvalue weighted by Crippen LogP contribution is 2.11. The number of amides is 1. The molecule has 0 bridgehead atoms. The van der Waals surface area contributed by atoms with Crippen LogP contribution in [0.2, 0.25) is 0 Å². The molecule has 0 unspecified atom stereocenters. The van der Waals surface area contributed by atoms with Crippen molar-refractivity contribution in [1.29, 1.82) is 0 Å². The molecule has 0 aliphatic rings. The number of anilines is 1. The lowest BCUT2D eigenvalue weighted by Gasteiger charge is -2.06. The van der Waals surface area contributed by atoms with E-state index in [1.54, 1.807) is 31.2 Å². The lowest BCUT2D eigenvalue weighted by molar-refractivity contribution is -0.116. The number of esters is 1. The summed E-state index contributed by atoms with van der Waals surface area (Å²) >= 11 is 0. The maximum Gasteiger partial charge on any atom is 0.338 e. The van der Waals surface area contributed by atoms with Gasteiger partial charge in [0.05, 0.1) is 12.2 Å². The van der Waals surface area contributed by atoms with Gasteiger partial charge in [-0.2, -0.15) is 0 Å². The van der Waals surface area contributed by atoms with Crippen LogP contribution in [0.3, 0.4) is 0 Å². The van der Waals surface area contributed by atoms with Gasteiger partial charge in [-0.3, -0.25) is 4.79 Å². The minimum Gasteiger partial charge on any atom is -0.462 e. The van der Waals surface area contributed by atoms with Crippen molar-refractivity contribution in [2.75, 3.05) is 25.1 Å². The van der Waals surface area contributed by atoms with Crippen molar-refractivity contribution in [3.8, 4) is 0 Å². The maximum absolute atomic E-state index is 11.6.